The van der Waals surface area contributed by atoms with Crippen LogP contribution >= 0.6 is 0 Å². The van der Waals surface area contributed by atoms with Crippen molar-refractivity contribution in [1.29, 1.82) is 0 Å². The highest BCUT2D eigenvalue weighted by Crippen LogP contribution is 2.32. The first-order chi connectivity index (χ1) is 9.04. The van der Waals surface area contributed by atoms with Crippen LogP contribution in [0.25, 0.3) is 10.9 Å². The maximum Gasteiger partial charge on any atom is 0.0739 e. The van der Waals surface area contributed by atoms with E-state index < -0.39 is 0 Å². The molecule has 0 spiro atoms. The van der Waals surface area contributed by atoms with Gasteiger partial charge in [0.2, 0.25) is 0 Å². The smallest absolute Gasteiger partial charge is 0.0739 e. The highest BCUT2D eigenvalue weighted by atomic mass is 14.9. The molecule has 2 rings (SSSR count). The van der Waals surface area contributed by atoms with Crippen LogP contribution in [0.15, 0.2) is 36.5 Å². The predicted octanol–water partition coefficient (Wildman–Crippen LogP) is 3.90. The van der Waals surface area contributed by atoms with Crippen molar-refractivity contribution in [3.63, 3.8) is 0 Å². The van der Waals surface area contributed by atoms with Crippen molar-refractivity contribution in [2.75, 3.05) is 6.54 Å². The van der Waals surface area contributed by atoms with Crippen LogP contribution in [0.3, 0.4) is 0 Å². The fraction of sp³-hybridized carbons (Fsp3) is 0.471. The van der Waals surface area contributed by atoms with Crippen molar-refractivity contribution in [1.82, 2.24) is 10.3 Å². The predicted molar refractivity (Wildman–Crippen MR) is 82.5 cm³/mol. The summed E-state index contributed by atoms with van der Waals surface area (Å²) in [6, 6.07) is 11.1. The van der Waals surface area contributed by atoms with Gasteiger partial charge in [-0.15, -0.1) is 0 Å². The van der Waals surface area contributed by atoms with Gasteiger partial charge in [-0.3, -0.25) is 4.98 Å². The maximum absolute atomic E-state index is 4.58. The molecule has 2 heteroatoms. The lowest BCUT2D eigenvalue weighted by molar-refractivity contribution is 0.396. The minimum atomic E-state index is 0.120. The lowest BCUT2D eigenvalue weighted by Crippen LogP contribution is -2.33. The molecule has 1 unspecified atom stereocenters. The molecular formula is C17H24N2. The van der Waals surface area contributed by atoms with E-state index >= 15 is 0 Å². The van der Waals surface area contributed by atoms with Crippen LogP contribution in [0.1, 0.15) is 39.7 Å². The van der Waals surface area contributed by atoms with Crippen molar-refractivity contribution >= 4 is 10.9 Å². The van der Waals surface area contributed by atoms with E-state index in [4.69, 9.17) is 0 Å². The second-order valence-electron chi connectivity index (χ2n) is 5.93. The molecular weight excluding hydrogens is 232 g/mol. The maximum atomic E-state index is 4.58. The third kappa shape index (κ3) is 3.13. The molecule has 1 heterocycles. The Morgan fingerprint density at radius 2 is 1.95 bits per heavy atom. The number of fused-ring (bicyclic) bond motifs is 1. The monoisotopic (exact) mass is 256 g/mol. The van der Waals surface area contributed by atoms with E-state index in [0.717, 1.165) is 18.5 Å². The topological polar surface area (TPSA) is 24.9 Å². The summed E-state index contributed by atoms with van der Waals surface area (Å²) in [5, 5.41) is 4.73. The zero-order valence-corrected chi connectivity index (χ0v) is 12.4. The van der Waals surface area contributed by atoms with Crippen molar-refractivity contribution in [3.05, 3.63) is 42.1 Å². The minimum Gasteiger partial charge on any atom is -0.315 e. The Kier molecular flexibility index (Phi) is 4.20. The zero-order chi connectivity index (χ0) is 13.9. The minimum absolute atomic E-state index is 0.120. The number of hydrogen-bond acceptors (Lipinski definition) is 2. The first-order valence-corrected chi connectivity index (χ1v) is 7.12. The quantitative estimate of drug-likeness (QED) is 0.877. The van der Waals surface area contributed by atoms with Gasteiger partial charge in [0, 0.05) is 17.6 Å². The summed E-state index contributed by atoms with van der Waals surface area (Å²) in [6.45, 7) is 10.0. The van der Waals surface area contributed by atoms with Gasteiger partial charge in [0.25, 0.3) is 0 Å². The van der Waals surface area contributed by atoms with E-state index in [2.05, 4.69) is 62.3 Å². The van der Waals surface area contributed by atoms with E-state index in [-0.39, 0.29) is 5.41 Å². The van der Waals surface area contributed by atoms with Gasteiger partial charge < -0.3 is 5.32 Å². The Bertz CT molecular complexity index is 540. The SMILES string of the molecule is CCNC(C)CC(C)(C)c1cccc2cccnc12. The number of benzene rings is 1. The lowest BCUT2D eigenvalue weighted by atomic mass is 9.78. The summed E-state index contributed by atoms with van der Waals surface area (Å²) in [7, 11) is 0. The number of para-hydroxylation sites is 1. The Balaban J connectivity index is 2.37. The fourth-order valence-corrected chi connectivity index (χ4v) is 2.95. The summed E-state index contributed by atoms with van der Waals surface area (Å²) in [5.74, 6) is 0. The molecule has 0 saturated heterocycles. The standard InChI is InChI=1S/C17H24N2/c1-5-18-13(2)12-17(3,4)15-10-6-8-14-9-7-11-19-16(14)15/h6-11,13,18H,5,12H2,1-4H3. The number of rotatable bonds is 5. The molecule has 1 aromatic heterocycles. The Hall–Kier alpha value is -1.41. The van der Waals surface area contributed by atoms with Crippen LogP contribution in [-0.4, -0.2) is 17.6 Å². The van der Waals surface area contributed by atoms with Gasteiger partial charge in [0.1, 0.15) is 0 Å². The summed E-state index contributed by atoms with van der Waals surface area (Å²) in [6.07, 6.45) is 2.99. The van der Waals surface area contributed by atoms with Crippen LogP contribution in [0, 0.1) is 0 Å². The number of pyridine rings is 1. The average Bonchev–Trinajstić information content (AvgIpc) is 2.37. The van der Waals surface area contributed by atoms with E-state index in [1.807, 2.05) is 12.3 Å². The van der Waals surface area contributed by atoms with E-state index in [0.29, 0.717) is 6.04 Å². The lowest BCUT2D eigenvalue weighted by Gasteiger charge is -2.29. The molecule has 102 valence electrons. The number of nitrogens with zero attached hydrogens (tertiary/aromatic N) is 1. The molecule has 2 nitrogen and oxygen atoms in total. The fourth-order valence-electron chi connectivity index (χ4n) is 2.95. The molecule has 0 saturated carbocycles. The summed E-state index contributed by atoms with van der Waals surface area (Å²) < 4.78 is 0. The normalized spacial score (nSPS) is 13.7. The Morgan fingerprint density at radius 3 is 2.68 bits per heavy atom. The van der Waals surface area contributed by atoms with Crippen LogP contribution in [0.5, 0.6) is 0 Å². The molecule has 1 atom stereocenters. The van der Waals surface area contributed by atoms with Crippen molar-refractivity contribution in [2.45, 2.75) is 45.6 Å². The molecule has 0 amide bonds. The Morgan fingerprint density at radius 1 is 1.21 bits per heavy atom. The van der Waals surface area contributed by atoms with Gasteiger partial charge in [-0.25, -0.2) is 0 Å². The van der Waals surface area contributed by atoms with Crippen LogP contribution in [-0.2, 0) is 5.41 Å². The first-order valence-electron chi connectivity index (χ1n) is 7.12. The van der Waals surface area contributed by atoms with Crippen LogP contribution in [0.2, 0.25) is 0 Å². The summed E-state index contributed by atoms with van der Waals surface area (Å²) in [4.78, 5) is 4.58. The van der Waals surface area contributed by atoms with E-state index in [1.165, 1.54) is 10.9 Å². The second kappa shape index (κ2) is 5.70. The molecule has 0 aliphatic carbocycles. The van der Waals surface area contributed by atoms with E-state index in [9.17, 15) is 0 Å². The summed E-state index contributed by atoms with van der Waals surface area (Å²) >= 11 is 0. The molecule has 19 heavy (non-hydrogen) atoms. The van der Waals surface area contributed by atoms with Gasteiger partial charge in [-0.05, 0) is 36.9 Å². The largest absolute Gasteiger partial charge is 0.315 e. The highest BCUT2D eigenvalue weighted by Gasteiger charge is 2.25. The highest BCUT2D eigenvalue weighted by molar-refractivity contribution is 5.82. The number of aromatic nitrogens is 1. The molecule has 1 N–H and O–H groups in total. The van der Waals surface area contributed by atoms with Gasteiger partial charge >= 0.3 is 0 Å². The molecule has 2 aromatic rings. The third-order valence-corrected chi connectivity index (χ3v) is 3.73. The van der Waals surface area contributed by atoms with Gasteiger partial charge in [-0.1, -0.05) is 45.0 Å². The molecule has 1 aromatic carbocycles. The van der Waals surface area contributed by atoms with Crippen molar-refractivity contribution < 1.29 is 0 Å². The van der Waals surface area contributed by atoms with Crippen LogP contribution in [0.4, 0.5) is 0 Å². The number of nitrogens with one attached hydrogen (secondary N) is 1. The average molecular weight is 256 g/mol. The van der Waals surface area contributed by atoms with Gasteiger partial charge in [0.05, 0.1) is 5.52 Å². The molecule has 0 aliphatic heterocycles. The van der Waals surface area contributed by atoms with Gasteiger partial charge in [-0.2, -0.15) is 0 Å². The Labute approximate surface area is 116 Å². The summed E-state index contributed by atoms with van der Waals surface area (Å²) in [5.41, 5.74) is 2.60. The van der Waals surface area contributed by atoms with Crippen LogP contribution < -0.4 is 5.32 Å². The van der Waals surface area contributed by atoms with E-state index in [1.54, 1.807) is 0 Å². The molecule has 0 bridgehead atoms. The van der Waals surface area contributed by atoms with Gasteiger partial charge in [0.15, 0.2) is 0 Å². The third-order valence-electron chi connectivity index (χ3n) is 3.73. The van der Waals surface area contributed by atoms with Crippen molar-refractivity contribution in [2.24, 2.45) is 0 Å². The molecule has 0 fully saturated rings. The first kappa shape index (κ1) is 14.0. The second-order valence-corrected chi connectivity index (χ2v) is 5.93. The van der Waals surface area contributed by atoms with Crippen molar-refractivity contribution in [3.8, 4) is 0 Å². The zero-order valence-electron chi connectivity index (χ0n) is 12.4. The number of hydrogen-bond donors (Lipinski definition) is 1. The molecule has 0 radical (unpaired) electrons. The molecule has 0 aliphatic rings.